The summed E-state index contributed by atoms with van der Waals surface area (Å²) in [5, 5.41) is 10.4. The lowest BCUT2D eigenvalue weighted by Crippen LogP contribution is -2.11. The summed E-state index contributed by atoms with van der Waals surface area (Å²) in [6.07, 6.45) is 0.854. The van der Waals surface area contributed by atoms with Gasteiger partial charge in [-0.15, -0.1) is 0 Å². The molecule has 0 spiro atoms. The summed E-state index contributed by atoms with van der Waals surface area (Å²) < 4.78 is 5.72. The van der Waals surface area contributed by atoms with Crippen molar-refractivity contribution in [2.45, 2.75) is 12.8 Å². The Kier molecular flexibility index (Phi) is 5.85. The molecule has 140 valence electrons. The summed E-state index contributed by atoms with van der Waals surface area (Å²) in [4.78, 5) is 22.7. The number of aliphatic carboxylic acids is 1. The Morgan fingerprint density at radius 3 is 2.59 bits per heavy atom. The van der Waals surface area contributed by atoms with Crippen molar-refractivity contribution >= 4 is 40.7 Å². The first-order chi connectivity index (χ1) is 12.9. The number of rotatable bonds is 7. The fraction of sp³-hybridized carbons (Fsp3) is 0.200. The van der Waals surface area contributed by atoms with E-state index in [0.29, 0.717) is 46.2 Å². The van der Waals surface area contributed by atoms with Gasteiger partial charge in [-0.1, -0.05) is 41.4 Å². The Bertz CT molecular complexity index is 953. The Morgan fingerprint density at radius 2 is 1.93 bits per heavy atom. The highest BCUT2D eigenvalue weighted by Gasteiger charge is 2.27. The fourth-order valence-electron chi connectivity index (χ4n) is 3.13. The predicted molar refractivity (Wildman–Crippen MR) is 104 cm³/mol. The minimum absolute atomic E-state index is 0.148. The lowest BCUT2D eigenvalue weighted by molar-refractivity contribution is -0.132. The van der Waals surface area contributed by atoms with Crippen LogP contribution >= 0.6 is 23.2 Å². The van der Waals surface area contributed by atoms with E-state index in [1.54, 1.807) is 18.2 Å². The molecule has 0 atom stereocenters. The zero-order valence-electron chi connectivity index (χ0n) is 14.3. The van der Waals surface area contributed by atoms with E-state index in [0.717, 1.165) is 16.7 Å². The van der Waals surface area contributed by atoms with E-state index >= 15 is 0 Å². The van der Waals surface area contributed by atoms with Gasteiger partial charge in [0.1, 0.15) is 0 Å². The molecule has 0 aliphatic heterocycles. The summed E-state index contributed by atoms with van der Waals surface area (Å²) in [6.45, 7) is 0.487. The minimum Gasteiger partial charge on any atom is -0.478 e. The van der Waals surface area contributed by atoms with E-state index in [4.69, 9.17) is 33.7 Å². The summed E-state index contributed by atoms with van der Waals surface area (Å²) >= 11 is 12.4. The maximum Gasteiger partial charge on any atom is 0.332 e. The van der Waals surface area contributed by atoms with Gasteiger partial charge in [0.05, 0.1) is 13.2 Å². The first kappa shape index (κ1) is 19.4. The van der Waals surface area contributed by atoms with Crippen LogP contribution in [0, 0.1) is 0 Å². The smallest absolute Gasteiger partial charge is 0.332 e. The van der Waals surface area contributed by atoms with Crippen LogP contribution in [0.5, 0.6) is 0 Å². The molecular weight excluding hydrogens is 389 g/mol. The van der Waals surface area contributed by atoms with Crippen molar-refractivity contribution in [1.29, 1.82) is 0 Å². The van der Waals surface area contributed by atoms with Gasteiger partial charge in [-0.2, -0.15) is 0 Å². The van der Waals surface area contributed by atoms with E-state index in [9.17, 15) is 14.7 Å². The fourth-order valence-corrected chi connectivity index (χ4v) is 3.71. The zero-order chi connectivity index (χ0) is 19.6. The minimum atomic E-state index is -0.967. The SMILES string of the molecule is NC(=O)c1ccc(CCOCC2=C(C(=O)O)Cc3cccc(Cl)c32)c(Cl)c1. The molecule has 0 aromatic heterocycles. The number of hydrogen-bond acceptors (Lipinski definition) is 3. The van der Waals surface area contributed by atoms with Crippen molar-refractivity contribution in [3.8, 4) is 0 Å². The van der Waals surface area contributed by atoms with E-state index < -0.39 is 11.9 Å². The van der Waals surface area contributed by atoms with Crippen LogP contribution in [-0.4, -0.2) is 30.2 Å². The maximum absolute atomic E-state index is 11.6. The van der Waals surface area contributed by atoms with Crippen LogP contribution in [0.1, 0.15) is 27.0 Å². The summed E-state index contributed by atoms with van der Waals surface area (Å²) in [7, 11) is 0. The number of nitrogens with two attached hydrogens (primary N) is 1. The first-order valence-electron chi connectivity index (χ1n) is 8.27. The predicted octanol–water partition coefficient (Wildman–Crippen LogP) is 3.75. The van der Waals surface area contributed by atoms with Gasteiger partial charge in [-0.25, -0.2) is 4.79 Å². The highest BCUT2D eigenvalue weighted by Crippen LogP contribution is 2.37. The van der Waals surface area contributed by atoms with E-state index in [2.05, 4.69) is 0 Å². The molecule has 0 radical (unpaired) electrons. The van der Waals surface area contributed by atoms with Gasteiger partial charge in [0.25, 0.3) is 0 Å². The van der Waals surface area contributed by atoms with Gasteiger partial charge in [-0.3, -0.25) is 4.79 Å². The molecule has 2 aromatic carbocycles. The Balaban J connectivity index is 1.67. The van der Waals surface area contributed by atoms with Crippen LogP contribution < -0.4 is 5.73 Å². The second-order valence-electron chi connectivity index (χ2n) is 6.19. The molecule has 1 amide bonds. The molecule has 0 unspecified atom stereocenters. The van der Waals surface area contributed by atoms with E-state index in [1.807, 2.05) is 12.1 Å². The molecule has 0 saturated heterocycles. The second-order valence-corrected chi connectivity index (χ2v) is 7.00. The third-order valence-electron chi connectivity index (χ3n) is 4.49. The van der Waals surface area contributed by atoms with Crippen molar-refractivity contribution < 1.29 is 19.4 Å². The van der Waals surface area contributed by atoms with Crippen molar-refractivity contribution in [2.24, 2.45) is 5.73 Å². The van der Waals surface area contributed by atoms with Crippen molar-refractivity contribution in [3.63, 3.8) is 0 Å². The number of benzene rings is 2. The third kappa shape index (κ3) is 4.16. The Morgan fingerprint density at radius 1 is 1.15 bits per heavy atom. The van der Waals surface area contributed by atoms with Crippen molar-refractivity contribution in [2.75, 3.05) is 13.2 Å². The molecule has 27 heavy (non-hydrogen) atoms. The molecule has 0 saturated carbocycles. The van der Waals surface area contributed by atoms with Crippen LogP contribution in [-0.2, 0) is 22.4 Å². The average Bonchev–Trinajstić information content (AvgIpc) is 3.00. The Hall–Kier alpha value is -2.34. The van der Waals surface area contributed by atoms with Gasteiger partial charge in [0.15, 0.2) is 0 Å². The number of primary amides is 1. The van der Waals surface area contributed by atoms with Gasteiger partial charge in [-0.05, 0) is 41.3 Å². The molecule has 1 aliphatic carbocycles. The zero-order valence-corrected chi connectivity index (χ0v) is 15.8. The Labute approximate surface area is 166 Å². The summed E-state index contributed by atoms with van der Waals surface area (Å²) in [6, 6.07) is 10.3. The number of carboxylic acid groups (broad SMARTS) is 1. The van der Waals surface area contributed by atoms with Crippen LogP contribution in [0.4, 0.5) is 0 Å². The molecule has 0 heterocycles. The van der Waals surface area contributed by atoms with Crippen molar-refractivity contribution in [3.05, 3.63) is 74.3 Å². The number of ether oxygens (including phenoxy) is 1. The lowest BCUT2D eigenvalue weighted by atomic mass is 10.1. The number of amides is 1. The van der Waals surface area contributed by atoms with Gasteiger partial charge in [0.2, 0.25) is 5.91 Å². The molecule has 7 heteroatoms. The maximum atomic E-state index is 11.6. The van der Waals surface area contributed by atoms with Crippen LogP contribution in [0.25, 0.3) is 5.57 Å². The largest absolute Gasteiger partial charge is 0.478 e. The number of carbonyl (C=O) groups excluding carboxylic acids is 1. The molecule has 0 bridgehead atoms. The van der Waals surface area contributed by atoms with Crippen LogP contribution in [0.15, 0.2) is 42.0 Å². The summed E-state index contributed by atoms with van der Waals surface area (Å²) in [5.41, 5.74) is 8.95. The number of halogens is 2. The normalized spacial score (nSPS) is 13.0. The van der Waals surface area contributed by atoms with E-state index in [-0.39, 0.29) is 6.61 Å². The molecular formula is C20H17Cl2NO4. The highest BCUT2D eigenvalue weighted by molar-refractivity contribution is 6.33. The molecule has 1 aliphatic rings. The number of fused-ring (bicyclic) bond motifs is 1. The second kappa shape index (κ2) is 8.13. The molecule has 3 rings (SSSR count). The lowest BCUT2D eigenvalue weighted by Gasteiger charge is -2.11. The molecule has 3 N–H and O–H groups in total. The molecule has 0 fully saturated rings. The van der Waals surface area contributed by atoms with Gasteiger partial charge >= 0.3 is 5.97 Å². The number of carbonyl (C=O) groups is 2. The van der Waals surface area contributed by atoms with Gasteiger partial charge < -0.3 is 15.6 Å². The van der Waals surface area contributed by atoms with E-state index in [1.165, 1.54) is 6.07 Å². The van der Waals surface area contributed by atoms with Crippen LogP contribution in [0.3, 0.4) is 0 Å². The monoisotopic (exact) mass is 405 g/mol. The van der Waals surface area contributed by atoms with Crippen molar-refractivity contribution in [1.82, 2.24) is 0 Å². The summed E-state index contributed by atoms with van der Waals surface area (Å²) in [5.74, 6) is -1.50. The quantitative estimate of drug-likeness (QED) is 0.686. The number of hydrogen-bond donors (Lipinski definition) is 2. The average molecular weight is 406 g/mol. The third-order valence-corrected chi connectivity index (χ3v) is 5.16. The topological polar surface area (TPSA) is 89.6 Å². The highest BCUT2D eigenvalue weighted by atomic mass is 35.5. The van der Waals surface area contributed by atoms with Gasteiger partial charge in [0, 0.05) is 33.2 Å². The number of carboxylic acids is 1. The first-order valence-corrected chi connectivity index (χ1v) is 9.03. The molecule has 5 nitrogen and oxygen atoms in total. The standard InChI is InChI=1S/C20H17Cl2NO4/c21-16-3-1-2-12-8-14(20(25)26)15(18(12)16)10-27-7-6-11-4-5-13(19(23)24)9-17(11)22/h1-5,9H,6-8,10H2,(H2,23,24)(H,25,26). The van der Waals surface area contributed by atoms with Crippen LogP contribution in [0.2, 0.25) is 10.0 Å². The molecule has 2 aromatic rings.